The third-order valence-electron chi connectivity index (χ3n) is 3.43. The SMILES string of the molecule is CCCCN(c1nc(NCC)ncc1[N+](=O)[O-])C(C)CC. The average Bonchev–Trinajstić information content (AvgIpc) is 2.47. The highest BCUT2D eigenvalue weighted by Crippen LogP contribution is 2.28. The predicted molar refractivity (Wildman–Crippen MR) is 84.9 cm³/mol. The van der Waals surface area contributed by atoms with Gasteiger partial charge in [0.25, 0.3) is 0 Å². The van der Waals surface area contributed by atoms with Crippen LogP contribution in [-0.4, -0.2) is 34.0 Å². The zero-order valence-corrected chi connectivity index (χ0v) is 13.3. The second kappa shape index (κ2) is 8.39. The van der Waals surface area contributed by atoms with E-state index in [4.69, 9.17) is 0 Å². The Morgan fingerprint density at radius 2 is 2.14 bits per heavy atom. The van der Waals surface area contributed by atoms with E-state index in [9.17, 15) is 10.1 Å². The number of anilines is 2. The zero-order chi connectivity index (χ0) is 15.8. The number of nitrogens with zero attached hydrogens (tertiary/aromatic N) is 4. The zero-order valence-electron chi connectivity index (χ0n) is 13.3. The second-order valence-corrected chi connectivity index (χ2v) is 4.99. The average molecular weight is 295 g/mol. The molecule has 7 nitrogen and oxygen atoms in total. The Bertz CT molecular complexity index is 467. The molecule has 0 saturated heterocycles. The normalized spacial score (nSPS) is 12.0. The number of aromatic nitrogens is 2. The lowest BCUT2D eigenvalue weighted by Gasteiger charge is -2.29. The number of nitro groups is 1. The van der Waals surface area contributed by atoms with E-state index in [0.717, 1.165) is 25.8 Å². The van der Waals surface area contributed by atoms with Gasteiger partial charge in [-0.3, -0.25) is 10.1 Å². The first-order valence-corrected chi connectivity index (χ1v) is 7.56. The minimum absolute atomic E-state index is 0.0342. The number of nitrogens with one attached hydrogen (secondary N) is 1. The van der Waals surface area contributed by atoms with Gasteiger partial charge in [0.2, 0.25) is 11.8 Å². The molecule has 1 atom stereocenters. The van der Waals surface area contributed by atoms with Crippen LogP contribution in [-0.2, 0) is 0 Å². The van der Waals surface area contributed by atoms with Crippen LogP contribution in [0.3, 0.4) is 0 Å². The first kappa shape index (κ1) is 17.1. The van der Waals surface area contributed by atoms with Crippen molar-refractivity contribution in [3.8, 4) is 0 Å². The largest absolute Gasteiger partial charge is 0.354 e. The summed E-state index contributed by atoms with van der Waals surface area (Å²) in [5, 5.41) is 14.3. The Hall–Kier alpha value is -1.92. The molecule has 1 rings (SSSR count). The quantitative estimate of drug-likeness (QED) is 0.556. The summed E-state index contributed by atoms with van der Waals surface area (Å²) < 4.78 is 0. The topological polar surface area (TPSA) is 84.2 Å². The van der Waals surface area contributed by atoms with E-state index in [-0.39, 0.29) is 11.7 Å². The van der Waals surface area contributed by atoms with E-state index in [0.29, 0.717) is 18.3 Å². The van der Waals surface area contributed by atoms with Gasteiger partial charge in [-0.1, -0.05) is 20.3 Å². The number of hydrogen-bond acceptors (Lipinski definition) is 6. The molecule has 0 saturated carbocycles. The summed E-state index contributed by atoms with van der Waals surface area (Å²) in [5.41, 5.74) is -0.0342. The van der Waals surface area contributed by atoms with Gasteiger partial charge in [0.1, 0.15) is 6.20 Å². The van der Waals surface area contributed by atoms with Gasteiger partial charge in [0.15, 0.2) is 0 Å². The third kappa shape index (κ3) is 4.54. The minimum Gasteiger partial charge on any atom is -0.354 e. The lowest BCUT2D eigenvalue weighted by molar-refractivity contribution is -0.384. The van der Waals surface area contributed by atoms with Crippen LogP contribution < -0.4 is 10.2 Å². The molecule has 0 amide bonds. The molecule has 0 aliphatic rings. The Morgan fingerprint density at radius 3 is 2.67 bits per heavy atom. The van der Waals surface area contributed by atoms with E-state index < -0.39 is 4.92 Å². The summed E-state index contributed by atoms with van der Waals surface area (Å²) in [6.07, 6.45) is 4.21. The fraction of sp³-hybridized carbons (Fsp3) is 0.714. The highest BCUT2D eigenvalue weighted by atomic mass is 16.6. The van der Waals surface area contributed by atoms with E-state index in [1.807, 2.05) is 11.8 Å². The fourth-order valence-corrected chi connectivity index (χ4v) is 2.03. The van der Waals surface area contributed by atoms with Crippen molar-refractivity contribution < 1.29 is 4.92 Å². The smallest absolute Gasteiger partial charge is 0.329 e. The number of rotatable bonds is 9. The summed E-state index contributed by atoms with van der Waals surface area (Å²) in [5.74, 6) is 0.844. The molecule has 1 aromatic heterocycles. The van der Waals surface area contributed by atoms with Gasteiger partial charge in [0, 0.05) is 19.1 Å². The van der Waals surface area contributed by atoms with Crippen LogP contribution in [0.2, 0.25) is 0 Å². The van der Waals surface area contributed by atoms with Gasteiger partial charge < -0.3 is 10.2 Å². The lowest BCUT2D eigenvalue weighted by atomic mass is 10.2. The summed E-state index contributed by atoms with van der Waals surface area (Å²) >= 11 is 0. The maximum Gasteiger partial charge on any atom is 0.329 e. The van der Waals surface area contributed by atoms with Crippen molar-refractivity contribution in [2.24, 2.45) is 0 Å². The van der Waals surface area contributed by atoms with Gasteiger partial charge in [-0.2, -0.15) is 4.98 Å². The van der Waals surface area contributed by atoms with Crippen LogP contribution in [0.15, 0.2) is 6.20 Å². The number of unbranched alkanes of at least 4 members (excludes halogenated alkanes) is 1. The van der Waals surface area contributed by atoms with Gasteiger partial charge in [-0.25, -0.2) is 4.98 Å². The predicted octanol–water partition coefficient (Wildman–Crippen LogP) is 3.22. The minimum atomic E-state index is -0.410. The Morgan fingerprint density at radius 1 is 1.43 bits per heavy atom. The molecule has 1 N–H and O–H groups in total. The van der Waals surface area contributed by atoms with E-state index in [2.05, 4.69) is 36.1 Å². The molecule has 0 aliphatic heterocycles. The fourth-order valence-electron chi connectivity index (χ4n) is 2.03. The van der Waals surface area contributed by atoms with Crippen LogP contribution in [0.25, 0.3) is 0 Å². The van der Waals surface area contributed by atoms with Crippen molar-refractivity contribution >= 4 is 17.5 Å². The molecular weight excluding hydrogens is 270 g/mol. The second-order valence-electron chi connectivity index (χ2n) is 4.99. The monoisotopic (exact) mass is 295 g/mol. The summed E-state index contributed by atoms with van der Waals surface area (Å²) in [4.78, 5) is 21.2. The molecule has 0 aromatic carbocycles. The molecule has 0 fully saturated rings. The van der Waals surface area contributed by atoms with Gasteiger partial charge >= 0.3 is 5.69 Å². The lowest BCUT2D eigenvalue weighted by Crippen LogP contribution is -2.35. The van der Waals surface area contributed by atoms with Crippen LogP contribution in [0.4, 0.5) is 17.5 Å². The van der Waals surface area contributed by atoms with Gasteiger partial charge in [-0.15, -0.1) is 0 Å². The highest BCUT2D eigenvalue weighted by molar-refractivity contribution is 5.59. The van der Waals surface area contributed by atoms with Gasteiger partial charge in [-0.05, 0) is 26.7 Å². The van der Waals surface area contributed by atoms with E-state index in [1.54, 1.807) is 0 Å². The van der Waals surface area contributed by atoms with Crippen molar-refractivity contribution in [1.29, 1.82) is 0 Å². The van der Waals surface area contributed by atoms with Crippen molar-refractivity contribution in [3.05, 3.63) is 16.3 Å². The third-order valence-corrected chi connectivity index (χ3v) is 3.43. The maximum absolute atomic E-state index is 11.3. The molecule has 21 heavy (non-hydrogen) atoms. The van der Waals surface area contributed by atoms with Crippen molar-refractivity contribution in [2.75, 3.05) is 23.3 Å². The molecule has 118 valence electrons. The van der Waals surface area contributed by atoms with E-state index >= 15 is 0 Å². The van der Waals surface area contributed by atoms with Crippen molar-refractivity contribution in [1.82, 2.24) is 9.97 Å². The summed E-state index contributed by atoms with van der Waals surface area (Å²) in [7, 11) is 0. The Balaban J connectivity index is 3.23. The van der Waals surface area contributed by atoms with Crippen LogP contribution in [0, 0.1) is 10.1 Å². The molecule has 1 aromatic rings. The molecule has 0 aliphatic carbocycles. The first-order valence-electron chi connectivity index (χ1n) is 7.56. The standard InChI is InChI=1S/C14H25N5O2/c1-5-8-9-18(11(4)6-2)13-12(19(20)21)10-16-14(17-13)15-7-3/h10-11H,5-9H2,1-4H3,(H,15,16,17). The summed E-state index contributed by atoms with van der Waals surface area (Å²) in [6, 6.07) is 0.194. The Labute approximate surface area is 125 Å². The molecule has 0 radical (unpaired) electrons. The van der Waals surface area contributed by atoms with Crippen molar-refractivity contribution in [2.45, 2.75) is 53.0 Å². The molecule has 1 unspecified atom stereocenters. The number of hydrogen-bond donors (Lipinski definition) is 1. The summed E-state index contributed by atoms with van der Waals surface area (Å²) in [6.45, 7) is 9.61. The molecule has 0 bridgehead atoms. The highest BCUT2D eigenvalue weighted by Gasteiger charge is 2.25. The molecule has 0 spiro atoms. The molecular formula is C14H25N5O2. The van der Waals surface area contributed by atoms with E-state index in [1.165, 1.54) is 6.20 Å². The van der Waals surface area contributed by atoms with Crippen LogP contribution in [0.1, 0.15) is 47.0 Å². The van der Waals surface area contributed by atoms with Gasteiger partial charge in [0.05, 0.1) is 4.92 Å². The van der Waals surface area contributed by atoms with Crippen molar-refractivity contribution in [3.63, 3.8) is 0 Å². The molecule has 7 heteroatoms. The van der Waals surface area contributed by atoms with Crippen LogP contribution >= 0.6 is 0 Å². The van der Waals surface area contributed by atoms with Crippen LogP contribution in [0.5, 0.6) is 0 Å². The molecule has 1 heterocycles. The Kier molecular flexibility index (Phi) is 6.84. The maximum atomic E-state index is 11.3. The first-order chi connectivity index (χ1) is 10.0.